The Kier molecular flexibility index (Phi) is 8.95. The monoisotopic (exact) mass is 362 g/mol. The molecule has 0 radical (unpaired) electrons. The van der Waals surface area contributed by atoms with Gasteiger partial charge in [0, 0.05) is 37.8 Å². The highest BCUT2D eigenvalue weighted by Gasteiger charge is 2.26. The van der Waals surface area contributed by atoms with Crippen molar-refractivity contribution in [3.63, 3.8) is 0 Å². The van der Waals surface area contributed by atoms with Gasteiger partial charge < -0.3 is 15.2 Å². The predicted molar refractivity (Wildman–Crippen MR) is 96.5 cm³/mol. The van der Waals surface area contributed by atoms with E-state index in [1.165, 1.54) is 12.8 Å². The lowest BCUT2D eigenvalue weighted by Crippen LogP contribution is -2.39. The number of imidazole rings is 1. The van der Waals surface area contributed by atoms with Gasteiger partial charge in [-0.25, -0.2) is 4.98 Å². The molecular weight excluding hydrogens is 335 g/mol. The van der Waals surface area contributed by atoms with Gasteiger partial charge >= 0.3 is 0 Å². The molecule has 23 heavy (non-hydrogen) atoms. The van der Waals surface area contributed by atoms with Crippen molar-refractivity contribution < 1.29 is 4.79 Å². The molecule has 7 heteroatoms. The van der Waals surface area contributed by atoms with Crippen LogP contribution < -0.4 is 5.32 Å². The van der Waals surface area contributed by atoms with Gasteiger partial charge in [0.1, 0.15) is 5.82 Å². The van der Waals surface area contributed by atoms with Gasteiger partial charge in [0.05, 0.1) is 0 Å². The van der Waals surface area contributed by atoms with Crippen LogP contribution >= 0.6 is 24.8 Å². The summed E-state index contributed by atoms with van der Waals surface area (Å²) in [5, 5.41) is 3.38. The van der Waals surface area contributed by atoms with Crippen molar-refractivity contribution >= 4 is 30.7 Å². The Balaban J connectivity index is 0.00000132. The standard InChI is InChI=1S/C16H26N4O.2ClH/c21-15(4-3-13-5-7-17-8-6-13)20-11-1-2-14(12-20)16-18-9-10-19-16;;/h9-10,13-14,17H,1-8,11-12H2,(H,18,19);2*1H. The summed E-state index contributed by atoms with van der Waals surface area (Å²) in [7, 11) is 0. The first kappa shape index (κ1) is 20.3. The van der Waals surface area contributed by atoms with Crippen molar-refractivity contribution in [3.8, 4) is 0 Å². The first-order valence-electron chi connectivity index (χ1n) is 8.30. The smallest absolute Gasteiger partial charge is 0.222 e. The highest BCUT2D eigenvalue weighted by Crippen LogP contribution is 2.25. The largest absolute Gasteiger partial charge is 0.348 e. The summed E-state index contributed by atoms with van der Waals surface area (Å²) in [4.78, 5) is 22.0. The van der Waals surface area contributed by atoms with E-state index in [1.807, 2.05) is 6.20 Å². The van der Waals surface area contributed by atoms with Crippen LogP contribution in [0.5, 0.6) is 0 Å². The van der Waals surface area contributed by atoms with E-state index in [-0.39, 0.29) is 24.8 Å². The number of amides is 1. The van der Waals surface area contributed by atoms with E-state index in [4.69, 9.17) is 0 Å². The number of aromatic amines is 1. The summed E-state index contributed by atoms with van der Waals surface area (Å²) in [6, 6.07) is 0. The molecule has 0 saturated carbocycles. The van der Waals surface area contributed by atoms with E-state index in [2.05, 4.69) is 20.2 Å². The van der Waals surface area contributed by atoms with Crippen LogP contribution in [0.4, 0.5) is 0 Å². The van der Waals surface area contributed by atoms with Crippen LogP contribution in [0.2, 0.25) is 0 Å². The second kappa shape index (κ2) is 10.2. The average Bonchev–Trinajstić information content (AvgIpc) is 3.08. The van der Waals surface area contributed by atoms with E-state index in [0.29, 0.717) is 11.8 Å². The fraction of sp³-hybridized carbons (Fsp3) is 0.750. The Morgan fingerprint density at radius 2 is 2.04 bits per heavy atom. The van der Waals surface area contributed by atoms with Crippen molar-refractivity contribution in [1.29, 1.82) is 0 Å². The van der Waals surface area contributed by atoms with Crippen molar-refractivity contribution in [2.75, 3.05) is 26.2 Å². The summed E-state index contributed by atoms with van der Waals surface area (Å²) in [5.41, 5.74) is 0. The van der Waals surface area contributed by atoms with Gasteiger partial charge in [-0.15, -0.1) is 24.8 Å². The number of halogens is 2. The van der Waals surface area contributed by atoms with Gasteiger partial charge in [-0.3, -0.25) is 4.79 Å². The Morgan fingerprint density at radius 3 is 2.74 bits per heavy atom. The van der Waals surface area contributed by atoms with Crippen molar-refractivity contribution in [2.45, 2.75) is 44.4 Å². The molecule has 2 N–H and O–H groups in total. The number of nitrogens with one attached hydrogen (secondary N) is 2. The molecule has 2 fully saturated rings. The minimum Gasteiger partial charge on any atom is -0.348 e. The number of aromatic nitrogens is 2. The van der Waals surface area contributed by atoms with Crippen LogP contribution in [0.3, 0.4) is 0 Å². The number of nitrogens with zero attached hydrogens (tertiary/aromatic N) is 2. The zero-order valence-electron chi connectivity index (χ0n) is 13.5. The number of hydrogen-bond donors (Lipinski definition) is 2. The lowest BCUT2D eigenvalue weighted by molar-refractivity contribution is -0.132. The van der Waals surface area contributed by atoms with Gasteiger partial charge in [0.2, 0.25) is 5.91 Å². The highest BCUT2D eigenvalue weighted by atomic mass is 35.5. The zero-order chi connectivity index (χ0) is 14.5. The third-order valence-corrected chi connectivity index (χ3v) is 4.91. The van der Waals surface area contributed by atoms with Crippen molar-refractivity contribution in [2.24, 2.45) is 5.92 Å². The van der Waals surface area contributed by atoms with E-state index in [1.54, 1.807) is 6.20 Å². The number of hydrogen-bond acceptors (Lipinski definition) is 3. The van der Waals surface area contributed by atoms with Gasteiger partial charge in [-0.1, -0.05) is 0 Å². The molecule has 0 aliphatic carbocycles. The molecule has 1 unspecified atom stereocenters. The quantitative estimate of drug-likeness (QED) is 0.865. The topological polar surface area (TPSA) is 61.0 Å². The van der Waals surface area contributed by atoms with Gasteiger partial charge in [0.25, 0.3) is 0 Å². The van der Waals surface area contributed by atoms with Crippen molar-refractivity contribution in [1.82, 2.24) is 20.2 Å². The number of H-pyrrole nitrogens is 1. The van der Waals surface area contributed by atoms with E-state index < -0.39 is 0 Å². The predicted octanol–water partition coefficient (Wildman–Crippen LogP) is 2.74. The maximum atomic E-state index is 12.4. The van der Waals surface area contributed by atoms with E-state index in [9.17, 15) is 4.79 Å². The third-order valence-electron chi connectivity index (χ3n) is 4.91. The summed E-state index contributed by atoms with van der Waals surface area (Å²) < 4.78 is 0. The zero-order valence-corrected chi connectivity index (χ0v) is 15.1. The van der Waals surface area contributed by atoms with Crippen LogP contribution in [0.1, 0.15) is 50.3 Å². The first-order valence-corrected chi connectivity index (χ1v) is 8.30. The minimum atomic E-state index is 0. The lowest BCUT2D eigenvalue weighted by Gasteiger charge is -2.32. The molecule has 0 bridgehead atoms. The third kappa shape index (κ3) is 5.66. The lowest BCUT2D eigenvalue weighted by atomic mass is 9.92. The minimum absolute atomic E-state index is 0. The molecule has 132 valence electrons. The SMILES string of the molecule is Cl.Cl.O=C(CCC1CCNCC1)N1CCCC(c2ncc[nH]2)C1. The molecule has 3 rings (SSSR count). The maximum Gasteiger partial charge on any atom is 0.222 e. The number of likely N-dealkylation sites (tertiary alicyclic amines) is 1. The second-order valence-corrected chi connectivity index (χ2v) is 6.39. The van der Waals surface area contributed by atoms with E-state index in [0.717, 1.165) is 63.6 Å². The molecule has 1 amide bonds. The summed E-state index contributed by atoms with van der Waals surface area (Å²) in [5.74, 6) is 2.49. The molecule has 2 aliphatic rings. The summed E-state index contributed by atoms with van der Waals surface area (Å²) in [6.07, 6.45) is 10.1. The van der Waals surface area contributed by atoms with Crippen LogP contribution in [-0.2, 0) is 4.79 Å². The fourth-order valence-corrected chi connectivity index (χ4v) is 3.58. The van der Waals surface area contributed by atoms with Crippen LogP contribution in [-0.4, -0.2) is 47.0 Å². The Hall–Kier alpha value is -0.780. The number of piperidine rings is 2. The summed E-state index contributed by atoms with van der Waals surface area (Å²) in [6.45, 7) is 3.98. The highest BCUT2D eigenvalue weighted by molar-refractivity contribution is 5.85. The number of carbonyl (C=O) groups excluding carboxylic acids is 1. The molecule has 1 aromatic rings. The van der Waals surface area contributed by atoms with Crippen LogP contribution in [0.25, 0.3) is 0 Å². The molecular formula is C16H28Cl2N4O. The average molecular weight is 363 g/mol. The van der Waals surface area contributed by atoms with Gasteiger partial charge in [0.15, 0.2) is 0 Å². The Bertz CT molecular complexity index is 449. The first-order chi connectivity index (χ1) is 10.3. The number of carbonyl (C=O) groups is 1. The Labute approximate surface area is 150 Å². The van der Waals surface area contributed by atoms with E-state index >= 15 is 0 Å². The molecule has 3 heterocycles. The van der Waals surface area contributed by atoms with Crippen LogP contribution in [0.15, 0.2) is 12.4 Å². The van der Waals surface area contributed by atoms with Crippen LogP contribution in [0, 0.1) is 5.92 Å². The fourth-order valence-electron chi connectivity index (χ4n) is 3.58. The molecule has 1 atom stereocenters. The molecule has 2 saturated heterocycles. The van der Waals surface area contributed by atoms with Crippen molar-refractivity contribution in [3.05, 3.63) is 18.2 Å². The maximum absolute atomic E-state index is 12.4. The molecule has 2 aliphatic heterocycles. The summed E-state index contributed by atoms with van der Waals surface area (Å²) >= 11 is 0. The molecule has 0 spiro atoms. The normalized spacial score (nSPS) is 22.1. The van der Waals surface area contributed by atoms with Gasteiger partial charge in [-0.2, -0.15) is 0 Å². The molecule has 5 nitrogen and oxygen atoms in total. The van der Waals surface area contributed by atoms with Gasteiger partial charge in [-0.05, 0) is 51.1 Å². The Morgan fingerprint density at radius 1 is 1.26 bits per heavy atom. The molecule has 0 aromatic carbocycles. The molecule has 1 aromatic heterocycles. The second-order valence-electron chi connectivity index (χ2n) is 6.39. The number of rotatable bonds is 4.